The molecule has 7 nitrogen and oxygen atoms in total. The van der Waals surface area contributed by atoms with E-state index in [2.05, 4.69) is 5.32 Å². The minimum atomic E-state index is -4.01. The molecule has 9 heteroatoms. The summed E-state index contributed by atoms with van der Waals surface area (Å²) in [6.07, 6.45) is 1.47. The number of nitrogens with zero attached hydrogens (tertiary/aromatic N) is 2. The fraction of sp³-hybridized carbons (Fsp3) is 0.259. The molecule has 0 radical (unpaired) electrons. The summed E-state index contributed by atoms with van der Waals surface area (Å²) in [5, 5.41) is 3.23. The van der Waals surface area contributed by atoms with E-state index in [4.69, 9.17) is 11.6 Å². The molecule has 0 atom stereocenters. The van der Waals surface area contributed by atoms with Gasteiger partial charge in [0.2, 0.25) is 11.8 Å². The maximum absolute atomic E-state index is 13.4. The van der Waals surface area contributed by atoms with Crippen molar-refractivity contribution in [3.63, 3.8) is 0 Å². The van der Waals surface area contributed by atoms with Gasteiger partial charge in [-0.15, -0.1) is 0 Å². The Bertz CT molecular complexity index is 1360. The molecule has 3 aromatic carbocycles. The van der Waals surface area contributed by atoms with Crippen LogP contribution in [0.1, 0.15) is 29.5 Å². The van der Waals surface area contributed by atoms with Crippen LogP contribution in [0.15, 0.2) is 77.7 Å². The van der Waals surface area contributed by atoms with Gasteiger partial charge in [-0.1, -0.05) is 60.1 Å². The van der Waals surface area contributed by atoms with Gasteiger partial charge >= 0.3 is 0 Å². The molecule has 0 unspecified atom stereocenters. The van der Waals surface area contributed by atoms with E-state index in [9.17, 15) is 18.0 Å². The van der Waals surface area contributed by atoms with Crippen LogP contribution in [0.25, 0.3) is 0 Å². The largest absolute Gasteiger partial charge is 0.350 e. The Hall–Kier alpha value is -3.36. The van der Waals surface area contributed by atoms with Crippen LogP contribution in [0.2, 0.25) is 5.02 Å². The number of nitrogens with one attached hydrogen (secondary N) is 1. The Morgan fingerprint density at radius 1 is 1.03 bits per heavy atom. The van der Waals surface area contributed by atoms with Gasteiger partial charge in [-0.25, -0.2) is 8.42 Å². The summed E-state index contributed by atoms with van der Waals surface area (Å²) >= 11 is 6.27. The SMILES string of the molecule is Cc1ccc(N(CC(=O)NCc2cccc(CN3CCCC3=O)c2)S(=O)(=O)c2ccccc2)cc1Cl. The molecule has 4 rings (SSSR count). The first-order chi connectivity index (χ1) is 17.2. The van der Waals surface area contributed by atoms with Gasteiger partial charge in [0, 0.05) is 31.1 Å². The number of sulfonamides is 1. The van der Waals surface area contributed by atoms with Crippen LogP contribution in [0.4, 0.5) is 5.69 Å². The predicted molar refractivity (Wildman–Crippen MR) is 140 cm³/mol. The molecule has 1 heterocycles. The van der Waals surface area contributed by atoms with Crippen LogP contribution in [0, 0.1) is 6.92 Å². The van der Waals surface area contributed by atoms with E-state index < -0.39 is 22.5 Å². The van der Waals surface area contributed by atoms with Crippen molar-refractivity contribution in [2.75, 3.05) is 17.4 Å². The lowest BCUT2D eigenvalue weighted by Gasteiger charge is -2.24. The van der Waals surface area contributed by atoms with E-state index >= 15 is 0 Å². The van der Waals surface area contributed by atoms with Crippen molar-refractivity contribution in [3.8, 4) is 0 Å². The topological polar surface area (TPSA) is 86.8 Å². The molecular weight excluding hydrogens is 498 g/mol. The Morgan fingerprint density at radius 2 is 1.78 bits per heavy atom. The van der Waals surface area contributed by atoms with Crippen molar-refractivity contribution in [1.82, 2.24) is 10.2 Å². The summed E-state index contributed by atoms with van der Waals surface area (Å²) in [4.78, 5) is 26.8. The van der Waals surface area contributed by atoms with Crippen molar-refractivity contribution in [1.29, 1.82) is 0 Å². The number of rotatable bonds is 9. The molecule has 1 saturated heterocycles. The van der Waals surface area contributed by atoms with E-state index in [1.807, 2.05) is 36.1 Å². The second-order valence-corrected chi connectivity index (χ2v) is 11.0. The molecule has 1 aliphatic heterocycles. The molecule has 2 amide bonds. The molecule has 0 aromatic heterocycles. The number of hydrogen-bond donors (Lipinski definition) is 1. The average Bonchev–Trinajstić information content (AvgIpc) is 3.27. The summed E-state index contributed by atoms with van der Waals surface area (Å²) in [7, 11) is -4.01. The summed E-state index contributed by atoms with van der Waals surface area (Å²) in [5.74, 6) is -0.295. The van der Waals surface area contributed by atoms with Crippen molar-refractivity contribution in [2.45, 2.75) is 37.8 Å². The summed E-state index contributed by atoms with van der Waals surface area (Å²) in [6, 6.07) is 20.6. The second kappa shape index (κ2) is 11.1. The van der Waals surface area contributed by atoms with Gasteiger partial charge in [0.1, 0.15) is 6.54 Å². The van der Waals surface area contributed by atoms with Gasteiger partial charge in [0.15, 0.2) is 0 Å². The van der Waals surface area contributed by atoms with E-state index in [1.54, 1.807) is 36.4 Å². The zero-order valence-electron chi connectivity index (χ0n) is 20.0. The number of benzene rings is 3. The lowest BCUT2D eigenvalue weighted by atomic mass is 10.1. The van der Waals surface area contributed by atoms with Gasteiger partial charge in [-0.2, -0.15) is 0 Å². The minimum Gasteiger partial charge on any atom is -0.350 e. The number of hydrogen-bond acceptors (Lipinski definition) is 4. The number of halogens is 1. The lowest BCUT2D eigenvalue weighted by Crippen LogP contribution is -2.40. The first kappa shape index (κ1) is 25.7. The third-order valence-electron chi connectivity index (χ3n) is 6.09. The van der Waals surface area contributed by atoms with Gasteiger partial charge in [-0.3, -0.25) is 13.9 Å². The van der Waals surface area contributed by atoms with E-state index in [1.165, 1.54) is 12.1 Å². The molecule has 0 aliphatic carbocycles. The van der Waals surface area contributed by atoms with Crippen LogP contribution in [-0.4, -0.2) is 38.2 Å². The Balaban J connectivity index is 1.49. The highest BCUT2D eigenvalue weighted by molar-refractivity contribution is 7.92. The maximum Gasteiger partial charge on any atom is 0.264 e. The quantitative estimate of drug-likeness (QED) is 0.451. The normalized spacial score (nSPS) is 13.6. The molecule has 36 heavy (non-hydrogen) atoms. The van der Waals surface area contributed by atoms with Gasteiger partial charge in [0.05, 0.1) is 10.6 Å². The molecule has 3 aromatic rings. The Morgan fingerprint density at radius 3 is 2.47 bits per heavy atom. The van der Waals surface area contributed by atoms with Crippen LogP contribution in [0.5, 0.6) is 0 Å². The molecule has 0 spiro atoms. The van der Waals surface area contributed by atoms with E-state index in [0.29, 0.717) is 23.7 Å². The standard InChI is InChI=1S/C27H28ClN3O4S/c1-20-12-13-23(16-25(20)28)31(36(34,35)24-9-3-2-4-10-24)19-26(32)29-17-21-7-5-8-22(15-21)18-30-14-6-11-27(30)33/h2-5,7-10,12-13,15-16H,6,11,14,17-19H2,1H3,(H,29,32). The number of aryl methyl sites for hydroxylation is 1. The second-order valence-electron chi connectivity index (χ2n) is 8.77. The zero-order valence-corrected chi connectivity index (χ0v) is 21.6. The lowest BCUT2D eigenvalue weighted by molar-refractivity contribution is -0.128. The molecular formula is C27H28ClN3O4S. The number of anilines is 1. The fourth-order valence-electron chi connectivity index (χ4n) is 4.09. The average molecular weight is 526 g/mol. The molecule has 1 aliphatic rings. The Labute approximate surface area is 216 Å². The van der Waals surface area contributed by atoms with E-state index in [0.717, 1.165) is 34.0 Å². The fourth-order valence-corrected chi connectivity index (χ4v) is 5.70. The molecule has 1 N–H and O–H groups in total. The maximum atomic E-state index is 13.4. The van der Waals surface area contributed by atoms with Crippen molar-refractivity contribution < 1.29 is 18.0 Å². The highest BCUT2D eigenvalue weighted by Gasteiger charge is 2.27. The molecule has 0 saturated carbocycles. The Kier molecular flexibility index (Phi) is 7.96. The van der Waals surface area contributed by atoms with Crippen LogP contribution in [-0.2, 0) is 32.7 Å². The van der Waals surface area contributed by atoms with Gasteiger partial charge < -0.3 is 10.2 Å². The van der Waals surface area contributed by atoms with Crippen LogP contribution >= 0.6 is 11.6 Å². The van der Waals surface area contributed by atoms with Crippen molar-refractivity contribution >= 4 is 39.1 Å². The third kappa shape index (κ3) is 6.06. The zero-order chi connectivity index (χ0) is 25.7. The highest BCUT2D eigenvalue weighted by Crippen LogP contribution is 2.28. The minimum absolute atomic E-state index is 0.0821. The smallest absolute Gasteiger partial charge is 0.264 e. The number of amides is 2. The van der Waals surface area contributed by atoms with Crippen LogP contribution in [0.3, 0.4) is 0 Å². The summed E-state index contributed by atoms with van der Waals surface area (Å²) < 4.78 is 28.0. The van der Waals surface area contributed by atoms with Gasteiger partial charge in [-0.05, 0) is 54.3 Å². The predicted octanol–water partition coefficient (Wildman–Crippen LogP) is 4.28. The summed E-state index contributed by atoms with van der Waals surface area (Å²) in [6.45, 7) is 2.95. The van der Waals surface area contributed by atoms with Crippen molar-refractivity contribution in [3.05, 3.63) is 94.5 Å². The number of carbonyl (C=O) groups excluding carboxylic acids is 2. The third-order valence-corrected chi connectivity index (χ3v) is 8.28. The summed E-state index contributed by atoms with van der Waals surface area (Å²) in [5.41, 5.74) is 2.96. The first-order valence-corrected chi connectivity index (χ1v) is 13.5. The van der Waals surface area contributed by atoms with E-state index in [-0.39, 0.29) is 17.3 Å². The molecule has 188 valence electrons. The van der Waals surface area contributed by atoms with Crippen molar-refractivity contribution in [2.24, 2.45) is 0 Å². The number of likely N-dealkylation sites (tertiary alicyclic amines) is 1. The van der Waals surface area contributed by atoms with Crippen LogP contribution < -0.4 is 9.62 Å². The molecule has 0 bridgehead atoms. The first-order valence-electron chi connectivity index (χ1n) is 11.7. The molecule has 1 fully saturated rings. The number of carbonyl (C=O) groups is 2. The van der Waals surface area contributed by atoms with Gasteiger partial charge in [0.25, 0.3) is 10.0 Å². The monoisotopic (exact) mass is 525 g/mol. The highest BCUT2D eigenvalue weighted by atomic mass is 35.5.